The fourth-order valence-electron chi connectivity index (χ4n) is 1.45. The van der Waals surface area contributed by atoms with E-state index in [-0.39, 0.29) is 11.9 Å². The Labute approximate surface area is 94.7 Å². The number of rotatable bonds is 5. The highest BCUT2D eigenvalue weighted by Gasteiger charge is 2.21. The monoisotopic (exact) mass is 227 g/mol. The molecule has 1 rings (SSSR count). The predicted octanol–water partition coefficient (Wildman–Crippen LogP) is 1.33. The molecular weight excluding hydrogens is 210 g/mol. The molecule has 1 aromatic rings. The van der Waals surface area contributed by atoms with E-state index in [1.807, 2.05) is 6.92 Å². The summed E-state index contributed by atoms with van der Waals surface area (Å²) in [5.74, 6) is 0.0481. The number of hydrogen-bond acceptors (Lipinski definition) is 4. The lowest BCUT2D eigenvalue weighted by Crippen LogP contribution is -2.43. The standard InChI is InChI=1S/C11H17NO4/c1-7-5-6-16-9(7)10(13)12-8(2)11(14-3)15-4/h5-6,8,11H,1-4H3,(H,12,13). The summed E-state index contributed by atoms with van der Waals surface area (Å²) in [4.78, 5) is 11.8. The Hall–Kier alpha value is -1.33. The maximum atomic E-state index is 11.8. The molecule has 5 heteroatoms. The van der Waals surface area contributed by atoms with Gasteiger partial charge in [-0.25, -0.2) is 0 Å². The molecule has 1 atom stereocenters. The number of carbonyl (C=O) groups excluding carboxylic acids is 1. The summed E-state index contributed by atoms with van der Waals surface area (Å²) in [5, 5.41) is 2.74. The molecule has 0 saturated heterocycles. The second kappa shape index (κ2) is 5.67. The topological polar surface area (TPSA) is 60.7 Å². The zero-order valence-corrected chi connectivity index (χ0v) is 9.94. The van der Waals surface area contributed by atoms with Crippen molar-refractivity contribution in [1.29, 1.82) is 0 Å². The van der Waals surface area contributed by atoms with Crippen molar-refractivity contribution < 1.29 is 18.7 Å². The highest BCUT2D eigenvalue weighted by molar-refractivity contribution is 5.92. The molecule has 1 heterocycles. The Kier molecular flexibility index (Phi) is 4.52. The quantitative estimate of drug-likeness (QED) is 0.771. The molecule has 1 unspecified atom stereocenters. The Morgan fingerprint density at radius 1 is 1.44 bits per heavy atom. The zero-order chi connectivity index (χ0) is 12.1. The molecule has 16 heavy (non-hydrogen) atoms. The molecule has 0 fully saturated rings. The lowest BCUT2D eigenvalue weighted by molar-refractivity contribution is -0.117. The van der Waals surface area contributed by atoms with Crippen molar-refractivity contribution in [1.82, 2.24) is 5.32 Å². The van der Waals surface area contributed by atoms with Crippen LogP contribution in [0.3, 0.4) is 0 Å². The van der Waals surface area contributed by atoms with Crippen molar-refractivity contribution >= 4 is 5.91 Å². The van der Waals surface area contributed by atoms with Gasteiger partial charge in [-0.15, -0.1) is 0 Å². The van der Waals surface area contributed by atoms with Gasteiger partial charge in [0.25, 0.3) is 5.91 Å². The third kappa shape index (κ3) is 2.84. The summed E-state index contributed by atoms with van der Waals surface area (Å²) in [6, 6.07) is 1.48. The first kappa shape index (κ1) is 12.7. The van der Waals surface area contributed by atoms with E-state index in [1.165, 1.54) is 20.5 Å². The molecule has 1 N–H and O–H groups in total. The number of furan rings is 1. The SMILES string of the molecule is COC(OC)C(C)NC(=O)c1occc1C. The predicted molar refractivity (Wildman–Crippen MR) is 58.2 cm³/mol. The van der Waals surface area contributed by atoms with Crippen LogP contribution >= 0.6 is 0 Å². The fraction of sp³-hybridized carbons (Fsp3) is 0.545. The molecule has 1 aromatic heterocycles. The summed E-state index contributed by atoms with van der Waals surface area (Å²) in [7, 11) is 3.05. The van der Waals surface area contributed by atoms with E-state index in [0.717, 1.165) is 5.56 Å². The Bertz CT molecular complexity index is 344. The van der Waals surface area contributed by atoms with E-state index in [2.05, 4.69) is 5.32 Å². The van der Waals surface area contributed by atoms with Crippen LogP contribution < -0.4 is 5.32 Å². The Morgan fingerprint density at radius 2 is 2.06 bits per heavy atom. The van der Waals surface area contributed by atoms with Crippen LogP contribution in [0, 0.1) is 6.92 Å². The Morgan fingerprint density at radius 3 is 2.50 bits per heavy atom. The van der Waals surface area contributed by atoms with Gasteiger partial charge < -0.3 is 19.2 Å². The van der Waals surface area contributed by atoms with Crippen LogP contribution in [-0.4, -0.2) is 32.5 Å². The summed E-state index contributed by atoms with van der Waals surface area (Å²) >= 11 is 0. The van der Waals surface area contributed by atoms with Gasteiger partial charge in [-0.05, 0) is 19.9 Å². The molecule has 0 aliphatic rings. The van der Waals surface area contributed by atoms with Crippen LogP contribution in [0.15, 0.2) is 16.7 Å². The minimum Gasteiger partial charge on any atom is -0.459 e. The molecule has 0 aliphatic heterocycles. The van der Waals surface area contributed by atoms with E-state index >= 15 is 0 Å². The first-order valence-corrected chi connectivity index (χ1v) is 5.00. The minimum absolute atomic E-state index is 0.257. The average molecular weight is 227 g/mol. The van der Waals surface area contributed by atoms with Gasteiger partial charge >= 0.3 is 0 Å². The smallest absolute Gasteiger partial charge is 0.287 e. The van der Waals surface area contributed by atoms with Crippen molar-refractivity contribution in [3.8, 4) is 0 Å². The molecule has 0 bridgehead atoms. The van der Waals surface area contributed by atoms with Crippen molar-refractivity contribution in [2.24, 2.45) is 0 Å². The molecule has 0 aromatic carbocycles. The van der Waals surface area contributed by atoms with Crippen LogP contribution in [0.4, 0.5) is 0 Å². The van der Waals surface area contributed by atoms with Gasteiger partial charge in [0.05, 0.1) is 12.3 Å². The van der Waals surface area contributed by atoms with E-state index in [1.54, 1.807) is 13.0 Å². The van der Waals surface area contributed by atoms with Gasteiger partial charge in [0.2, 0.25) is 0 Å². The molecule has 0 radical (unpaired) electrons. The fourth-order valence-corrected chi connectivity index (χ4v) is 1.45. The second-order valence-corrected chi connectivity index (χ2v) is 3.53. The normalized spacial score (nSPS) is 12.8. The summed E-state index contributed by atoms with van der Waals surface area (Å²) < 4.78 is 15.2. The van der Waals surface area contributed by atoms with Gasteiger partial charge in [-0.3, -0.25) is 4.79 Å². The van der Waals surface area contributed by atoms with Gasteiger partial charge in [-0.1, -0.05) is 0 Å². The van der Waals surface area contributed by atoms with Crippen LogP contribution in [-0.2, 0) is 9.47 Å². The molecular formula is C11H17NO4. The summed E-state index contributed by atoms with van der Waals surface area (Å²) in [6.45, 7) is 3.61. The second-order valence-electron chi connectivity index (χ2n) is 3.53. The lowest BCUT2D eigenvalue weighted by atomic mass is 10.2. The molecule has 1 amide bonds. The summed E-state index contributed by atoms with van der Waals surface area (Å²) in [6.07, 6.45) is 1.01. The molecule has 0 aliphatic carbocycles. The van der Waals surface area contributed by atoms with Gasteiger partial charge in [0, 0.05) is 19.8 Å². The third-order valence-corrected chi connectivity index (χ3v) is 2.30. The number of methoxy groups -OCH3 is 2. The highest BCUT2D eigenvalue weighted by atomic mass is 16.7. The van der Waals surface area contributed by atoms with Gasteiger partial charge in [-0.2, -0.15) is 0 Å². The molecule has 90 valence electrons. The van der Waals surface area contributed by atoms with Crippen LogP contribution in [0.25, 0.3) is 0 Å². The highest BCUT2D eigenvalue weighted by Crippen LogP contribution is 2.09. The average Bonchev–Trinajstić information content (AvgIpc) is 2.66. The van der Waals surface area contributed by atoms with Crippen LogP contribution in [0.5, 0.6) is 0 Å². The number of nitrogens with one attached hydrogen (secondary N) is 1. The van der Waals surface area contributed by atoms with E-state index in [4.69, 9.17) is 13.9 Å². The van der Waals surface area contributed by atoms with E-state index in [9.17, 15) is 4.79 Å². The van der Waals surface area contributed by atoms with E-state index in [0.29, 0.717) is 5.76 Å². The summed E-state index contributed by atoms with van der Waals surface area (Å²) in [5.41, 5.74) is 0.802. The first-order valence-electron chi connectivity index (χ1n) is 5.00. The molecule has 0 spiro atoms. The third-order valence-electron chi connectivity index (χ3n) is 2.30. The largest absolute Gasteiger partial charge is 0.459 e. The maximum Gasteiger partial charge on any atom is 0.287 e. The van der Waals surface area contributed by atoms with Crippen molar-refractivity contribution in [2.75, 3.05) is 14.2 Å². The number of ether oxygens (including phenoxy) is 2. The van der Waals surface area contributed by atoms with E-state index < -0.39 is 6.29 Å². The number of carbonyl (C=O) groups is 1. The number of amides is 1. The molecule has 0 saturated carbocycles. The lowest BCUT2D eigenvalue weighted by Gasteiger charge is -2.21. The van der Waals surface area contributed by atoms with Crippen molar-refractivity contribution in [3.05, 3.63) is 23.7 Å². The maximum absolute atomic E-state index is 11.8. The van der Waals surface area contributed by atoms with Gasteiger partial charge in [0.1, 0.15) is 0 Å². The number of hydrogen-bond donors (Lipinski definition) is 1. The van der Waals surface area contributed by atoms with Gasteiger partial charge in [0.15, 0.2) is 12.1 Å². The number of aryl methyl sites for hydroxylation is 1. The molecule has 5 nitrogen and oxygen atoms in total. The van der Waals surface area contributed by atoms with Crippen molar-refractivity contribution in [2.45, 2.75) is 26.2 Å². The van der Waals surface area contributed by atoms with Crippen LogP contribution in [0.2, 0.25) is 0 Å². The van der Waals surface area contributed by atoms with Crippen LogP contribution in [0.1, 0.15) is 23.0 Å². The zero-order valence-electron chi connectivity index (χ0n) is 9.94. The van der Waals surface area contributed by atoms with Crippen molar-refractivity contribution in [3.63, 3.8) is 0 Å². The minimum atomic E-state index is -0.473. The Balaban J connectivity index is 2.61. The first-order chi connectivity index (χ1) is 7.60.